The third-order valence-electron chi connectivity index (χ3n) is 3.63. The van der Waals surface area contributed by atoms with E-state index in [9.17, 15) is 9.59 Å². The fourth-order valence-corrected chi connectivity index (χ4v) is 2.52. The highest BCUT2D eigenvalue weighted by Crippen LogP contribution is 2.34. The molecular weight excluding hydrogens is 264 g/mol. The molecule has 0 saturated heterocycles. The highest BCUT2D eigenvalue weighted by Gasteiger charge is 2.40. The smallest absolute Gasteiger partial charge is 0.317 e. The maximum Gasteiger partial charge on any atom is 0.317 e. The summed E-state index contributed by atoms with van der Waals surface area (Å²) < 4.78 is 5.16. The lowest BCUT2D eigenvalue weighted by Gasteiger charge is -2.29. The predicted molar refractivity (Wildman–Crippen MR) is 84.1 cm³/mol. The largest absolute Gasteiger partial charge is 0.465 e. The van der Waals surface area contributed by atoms with Gasteiger partial charge in [0.15, 0.2) is 5.78 Å². The summed E-state index contributed by atoms with van der Waals surface area (Å²) in [4.78, 5) is 25.1. The number of Topliss-reactive ketones (excluding diaryl/α,β-unsaturated/α-hetero) is 1. The zero-order chi connectivity index (χ0) is 16.0. The van der Waals surface area contributed by atoms with E-state index in [2.05, 4.69) is 0 Å². The van der Waals surface area contributed by atoms with Crippen molar-refractivity contribution < 1.29 is 14.3 Å². The van der Waals surface area contributed by atoms with Crippen LogP contribution < -0.4 is 0 Å². The van der Waals surface area contributed by atoms with Crippen LogP contribution in [0.4, 0.5) is 0 Å². The molecule has 0 aliphatic heterocycles. The van der Waals surface area contributed by atoms with Crippen LogP contribution in [0.25, 0.3) is 0 Å². The average Bonchev–Trinajstić information content (AvgIpc) is 2.44. The van der Waals surface area contributed by atoms with Crippen molar-refractivity contribution in [3.63, 3.8) is 0 Å². The molecule has 1 rings (SSSR count). The SMILES string of the molecule is CCOC(=O)C(C(=O)C(C)(C)C)C(CC)c1ccccc1. The van der Waals surface area contributed by atoms with Crippen LogP contribution in [-0.2, 0) is 14.3 Å². The Balaban J connectivity index is 3.21. The van der Waals surface area contributed by atoms with Gasteiger partial charge in [-0.15, -0.1) is 0 Å². The van der Waals surface area contributed by atoms with E-state index in [0.29, 0.717) is 0 Å². The van der Waals surface area contributed by atoms with E-state index in [1.165, 1.54) is 0 Å². The number of benzene rings is 1. The highest BCUT2D eigenvalue weighted by atomic mass is 16.5. The second kappa shape index (κ2) is 7.39. The molecule has 0 aliphatic rings. The Morgan fingerprint density at radius 3 is 2.10 bits per heavy atom. The standard InChI is InChI=1S/C18H26O3/c1-6-14(13-11-9-8-10-12-13)15(17(20)21-7-2)16(19)18(3,4)5/h8-12,14-15H,6-7H2,1-5H3. The molecular formula is C18H26O3. The predicted octanol–water partition coefficient (Wildman–Crippen LogP) is 3.97. The van der Waals surface area contributed by atoms with E-state index in [1.54, 1.807) is 6.92 Å². The van der Waals surface area contributed by atoms with Crippen molar-refractivity contribution in [3.05, 3.63) is 35.9 Å². The summed E-state index contributed by atoms with van der Waals surface area (Å²) in [6, 6.07) is 9.73. The molecule has 3 nitrogen and oxygen atoms in total. The number of rotatable bonds is 6. The Labute approximate surface area is 127 Å². The minimum absolute atomic E-state index is 0.0587. The van der Waals surface area contributed by atoms with Gasteiger partial charge in [0, 0.05) is 11.3 Å². The van der Waals surface area contributed by atoms with Gasteiger partial charge in [-0.1, -0.05) is 58.0 Å². The lowest BCUT2D eigenvalue weighted by Crippen LogP contribution is -2.38. The molecule has 116 valence electrons. The second-order valence-corrected chi connectivity index (χ2v) is 6.27. The molecule has 0 fully saturated rings. The summed E-state index contributed by atoms with van der Waals surface area (Å²) in [5.74, 6) is -1.35. The summed E-state index contributed by atoms with van der Waals surface area (Å²) in [6.45, 7) is 9.59. The summed E-state index contributed by atoms with van der Waals surface area (Å²) in [5, 5.41) is 0. The maximum atomic E-state index is 12.8. The molecule has 2 atom stereocenters. The van der Waals surface area contributed by atoms with Gasteiger partial charge in [-0.3, -0.25) is 9.59 Å². The van der Waals surface area contributed by atoms with Crippen molar-refractivity contribution in [1.29, 1.82) is 0 Å². The molecule has 0 spiro atoms. The molecule has 0 saturated carbocycles. The Kier molecular flexibility index (Phi) is 6.13. The van der Waals surface area contributed by atoms with Crippen LogP contribution in [0.15, 0.2) is 30.3 Å². The number of hydrogen-bond acceptors (Lipinski definition) is 3. The Bertz CT molecular complexity index is 471. The normalized spacial score (nSPS) is 14.3. The monoisotopic (exact) mass is 290 g/mol. The number of esters is 1. The van der Waals surface area contributed by atoms with Crippen molar-refractivity contribution in [3.8, 4) is 0 Å². The van der Waals surface area contributed by atoms with Crippen LogP contribution in [0.5, 0.6) is 0 Å². The first-order valence-electron chi connectivity index (χ1n) is 7.58. The molecule has 0 radical (unpaired) electrons. The maximum absolute atomic E-state index is 12.8. The molecule has 3 heteroatoms. The van der Waals surface area contributed by atoms with Gasteiger partial charge < -0.3 is 4.74 Å². The van der Waals surface area contributed by atoms with Crippen LogP contribution >= 0.6 is 0 Å². The van der Waals surface area contributed by atoms with E-state index < -0.39 is 17.3 Å². The van der Waals surface area contributed by atoms with Gasteiger partial charge in [-0.2, -0.15) is 0 Å². The van der Waals surface area contributed by atoms with Crippen LogP contribution in [0.1, 0.15) is 52.5 Å². The van der Waals surface area contributed by atoms with E-state index in [1.807, 2.05) is 58.0 Å². The lowest BCUT2D eigenvalue weighted by atomic mass is 9.74. The van der Waals surface area contributed by atoms with Crippen molar-refractivity contribution in [1.82, 2.24) is 0 Å². The third-order valence-corrected chi connectivity index (χ3v) is 3.63. The number of ketones is 1. The highest BCUT2D eigenvalue weighted by molar-refractivity contribution is 6.02. The molecule has 0 bridgehead atoms. The molecule has 0 amide bonds. The zero-order valence-electron chi connectivity index (χ0n) is 13.7. The van der Waals surface area contributed by atoms with E-state index in [0.717, 1.165) is 12.0 Å². The number of ether oxygens (including phenoxy) is 1. The molecule has 1 aromatic carbocycles. The quantitative estimate of drug-likeness (QED) is 0.588. The number of hydrogen-bond donors (Lipinski definition) is 0. The lowest BCUT2D eigenvalue weighted by molar-refractivity contribution is -0.155. The zero-order valence-corrected chi connectivity index (χ0v) is 13.7. The van der Waals surface area contributed by atoms with Crippen LogP contribution in [0.2, 0.25) is 0 Å². The van der Waals surface area contributed by atoms with Gasteiger partial charge in [-0.05, 0) is 18.9 Å². The fourth-order valence-electron chi connectivity index (χ4n) is 2.52. The second-order valence-electron chi connectivity index (χ2n) is 6.27. The van der Waals surface area contributed by atoms with Crippen LogP contribution in [0, 0.1) is 11.3 Å². The van der Waals surface area contributed by atoms with Gasteiger partial charge in [-0.25, -0.2) is 0 Å². The van der Waals surface area contributed by atoms with E-state index in [-0.39, 0.29) is 18.3 Å². The first kappa shape index (κ1) is 17.4. The summed E-state index contributed by atoms with van der Waals surface area (Å²) in [6.07, 6.45) is 0.718. The topological polar surface area (TPSA) is 43.4 Å². The van der Waals surface area contributed by atoms with Crippen LogP contribution in [-0.4, -0.2) is 18.4 Å². The molecule has 0 aromatic heterocycles. The van der Waals surface area contributed by atoms with Gasteiger partial charge in [0.1, 0.15) is 5.92 Å². The summed E-state index contributed by atoms with van der Waals surface area (Å²) in [5.41, 5.74) is 0.440. The molecule has 1 aromatic rings. The molecule has 0 aliphatic carbocycles. The Hall–Kier alpha value is -1.64. The number of carbonyl (C=O) groups excluding carboxylic acids is 2. The summed E-state index contributed by atoms with van der Waals surface area (Å²) in [7, 11) is 0. The Morgan fingerprint density at radius 2 is 1.67 bits per heavy atom. The molecule has 21 heavy (non-hydrogen) atoms. The average molecular weight is 290 g/mol. The molecule has 0 N–H and O–H groups in total. The van der Waals surface area contributed by atoms with Crippen molar-refractivity contribution >= 4 is 11.8 Å². The van der Waals surface area contributed by atoms with Crippen molar-refractivity contribution in [2.75, 3.05) is 6.61 Å². The first-order valence-corrected chi connectivity index (χ1v) is 7.58. The molecule has 0 heterocycles. The van der Waals surface area contributed by atoms with E-state index >= 15 is 0 Å². The minimum atomic E-state index is -0.739. The summed E-state index contributed by atoms with van der Waals surface area (Å²) >= 11 is 0. The minimum Gasteiger partial charge on any atom is -0.465 e. The van der Waals surface area contributed by atoms with Gasteiger partial charge in [0.25, 0.3) is 0 Å². The Morgan fingerprint density at radius 1 is 1.10 bits per heavy atom. The van der Waals surface area contributed by atoms with Crippen molar-refractivity contribution in [2.45, 2.75) is 47.0 Å². The third kappa shape index (κ3) is 4.42. The van der Waals surface area contributed by atoms with Gasteiger partial charge in [0.05, 0.1) is 6.61 Å². The van der Waals surface area contributed by atoms with Gasteiger partial charge >= 0.3 is 5.97 Å². The van der Waals surface area contributed by atoms with E-state index in [4.69, 9.17) is 4.74 Å². The van der Waals surface area contributed by atoms with Crippen LogP contribution in [0.3, 0.4) is 0 Å². The first-order chi connectivity index (χ1) is 9.82. The number of carbonyl (C=O) groups is 2. The van der Waals surface area contributed by atoms with Crippen molar-refractivity contribution in [2.24, 2.45) is 11.3 Å². The van der Waals surface area contributed by atoms with Gasteiger partial charge in [0.2, 0.25) is 0 Å². The molecule has 2 unspecified atom stereocenters. The fraction of sp³-hybridized carbons (Fsp3) is 0.556.